The lowest BCUT2D eigenvalue weighted by Crippen LogP contribution is -2.43. The molecule has 2 atom stereocenters. The summed E-state index contributed by atoms with van der Waals surface area (Å²) in [6.45, 7) is 7.11. The minimum atomic E-state index is -1.08. The molecule has 0 bridgehead atoms. The first kappa shape index (κ1) is 27.6. The minimum Gasteiger partial charge on any atom is -0.480 e. The highest BCUT2D eigenvalue weighted by molar-refractivity contribution is 5.99. The number of rotatable bonds is 9. The van der Waals surface area contributed by atoms with Gasteiger partial charge in [-0.2, -0.15) is 0 Å². The van der Waals surface area contributed by atoms with E-state index in [0.29, 0.717) is 18.2 Å². The van der Waals surface area contributed by atoms with Crippen molar-refractivity contribution in [1.82, 2.24) is 15.6 Å². The number of benzene rings is 2. The lowest BCUT2D eigenvalue weighted by Gasteiger charge is -2.19. The average Bonchev–Trinajstić information content (AvgIpc) is 3.63. The van der Waals surface area contributed by atoms with Crippen molar-refractivity contribution in [1.29, 1.82) is 0 Å². The highest BCUT2D eigenvalue weighted by Crippen LogP contribution is 2.33. The molecule has 2 heterocycles. The van der Waals surface area contributed by atoms with Gasteiger partial charge in [-0.05, 0) is 59.0 Å². The van der Waals surface area contributed by atoms with Crippen molar-refractivity contribution in [3.05, 3.63) is 65.5 Å². The molecule has 1 saturated carbocycles. The van der Waals surface area contributed by atoms with Gasteiger partial charge < -0.3 is 20.5 Å². The summed E-state index contributed by atoms with van der Waals surface area (Å²) in [5.41, 5.74) is 2.38. The molecule has 3 N–H and O–H groups in total. The number of fused-ring (bicyclic) bond motifs is 1. The van der Waals surface area contributed by atoms with Crippen LogP contribution < -0.4 is 15.4 Å². The van der Waals surface area contributed by atoms with E-state index < -0.39 is 17.9 Å². The molecule has 0 radical (unpaired) electrons. The zero-order chi connectivity index (χ0) is 28.3. The number of pyridine rings is 1. The summed E-state index contributed by atoms with van der Waals surface area (Å²) in [5, 5.41) is 17.2. The molecule has 3 aromatic rings. The molecular formula is C32H38N4O4. The van der Waals surface area contributed by atoms with Crippen LogP contribution in [0.4, 0.5) is 0 Å². The molecule has 40 heavy (non-hydrogen) atoms. The van der Waals surface area contributed by atoms with Gasteiger partial charge in [-0.3, -0.25) is 9.79 Å². The fourth-order valence-electron chi connectivity index (χ4n) is 5.55. The zero-order valence-electron chi connectivity index (χ0n) is 23.4. The normalized spacial score (nSPS) is 18.0. The number of hydrogen-bond donors (Lipinski definition) is 3. The third kappa shape index (κ3) is 6.61. The van der Waals surface area contributed by atoms with Crippen molar-refractivity contribution in [3.63, 3.8) is 0 Å². The van der Waals surface area contributed by atoms with E-state index in [0.717, 1.165) is 41.5 Å². The molecule has 210 valence electrons. The van der Waals surface area contributed by atoms with Crippen LogP contribution in [0.1, 0.15) is 74.6 Å². The molecule has 1 fully saturated rings. The number of aliphatic carboxylic acids is 1. The number of nitrogens with zero attached hydrogens (tertiary/aromatic N) is 2. The number of carboxylic acid groups (broad SMARTS) is 1. The number of hydrogen-bond acceptors (Lipinski definition) is 6. The van der Waals surface area contributed by atoms with Crippen LogP contribution >= 0.6 is 0 Å². The first-order chi connectivity index (χ1) is 19.2. The van der Waals surface area contributed by atoms with Crippen molar-refractivity contribution in [3.8, 4) is 11.5 Å². The van der Waals surface area contributed by atoms with Crippen molar-refractivity contribution in [2.24, 2.45) is 10.9 Å². The van der Waals surface area contributed by atoms with Crippen LogP contribution in [0, 0.1) is 5.92 Å². The number of amides is 1. The fraction of sp³-hybridized carbons (Fsp3) is 0.438. The summed E-state index contributed by atoms with van der Waals surface area (Å²) in [6, 6.07) is 14.5. The number of carbonyl (C=O) groups excluding carboxylic acids is 1. The smallest absolute Gasteiger partial charge is 0.326 e. The topological polar surface area (TPSA) is 113 Å². The molecule has 1 unspecified atom stereocenters. The van der Waals surface area contributed by atoms with Crippen LogP contribution in [0.3, 0.4) is 0 Å². The molecule has 1 aliphatic carbocycles. The summed E-state index contributed by atoms with van der Waals surface area (Å²) in [7, 11) is 0. The van der Waals surface area contributed by atoms with E-state index in [1.54, 1.807) is 12.4 Å². The Hall–Kier alpha value is -3.94. The molecule has 2 aromatic carbocycles. The van der Waals surface area contributed by atoms with E-state index >= 15 is 0 Å². The van der Waals surface area contributed by atoms with Crippen molar-refractivity contribution in [2.45, 2.75) is 76.8 Å². The van der Waals surface area contributed by atoms with Gasteiger partial charge in [0, 0.05) is 24.0 Å². The number of ether oxygens (including phenoxy) is 1. The first-order valence-electron chi connectivity index (χ1n) is 14.2. The molecule has 8 nitrogen and oxygen atoms in total. The van der Waals surface area contributed by atoms with Gasteiger partial charge in [0.25, 0.3) is 5.91 Å². The summed E-state index contributed by atoms with van der Waals surface area (Å²) in [4.78, 5) is 34.2. The van der Waals surface area contributed by atoms with E-state index in [1.165, 1.54) is 18.4 Å². The summed E-state index contributed by atoms with van der Waals surface area (Å²) >= 11 is 0. The number of aromatic nitrogens is 1. The Labute approximate surface area is 235 Å². The summed E-state index contributed by atoms with van der Waals surface area (Å²) in [5.74, 6) is 0.411. The Morgan fingerprint density at radius 3 is 2.45 bits per heavy atom. The van der Waals surface area contributed by atoms with E-state index in [1.807, 2.05) is 30.3 Å². The Morgan fingerprint density at radius 2 is 1.80 bits per heavy atom. The van der Waals surface area contributed by atoms with Gasteiger partial charge in [-0.25, -0.2) is 9.78 Å². The maximum Gasteiger partial charge on any atom is 0.326 e. The number of carbonyl (C=O) groups is 2. The number of carboxylic acids is 1. The standard InChI is InChI=1S/C32H38N4O4/c1-32(2,3)22-9-12-24(13-10-22)40-25-11-8-21-15-28(35-27(26(21)17-25)14-20-6-4-5-7-20)30(37)36-29(31(38)39)16-23-18-33-19-34-23/h8-13,15,17,19-20,23,29H,4-7,14,16,18H2,1-3H3,(H,33,34)(H,36,37)(H,38,39)/t23?,29-/m0/s1. The predicted octanol–water partition coefficient (Wildman–Crippen LogP) is 5.63. The SMILES string of the molecule is CC(C)(C)c1ccc(Oc2ccc3cc(C(=O)N[C@@H](CC4CNC=N4)C(=O)O)nc(CC4CCCC4)c3c2)cc1. The van der Waals surface area contributed by atoms with Crippen LogP contribution in [0.25, 0.3) is 10.8 Å². The van der Waals surface area contributed by atoms with Crippen molar-refractivity contribution >= 4 is 29.0 Å². The summed E-state index contributed by atoms with van der Waals surface area (Å²) < 4.78 is 6.21. The predicted molar refractivity (Wildman–Crippen MR) is 156 cm³/mol. The molecule has 1 aliphatic heterocycles. The van der Waals surface area contributed by atoms with E-state index in [-0.39, 0.29) is 23.6 Å². The summed E-state index contributed by atoms with van der Waals surface area (Å²) in [6.07, 6.45) is 7.27. The lowest BCUT2D eigenvalue weighted by atomic mass is 9.87. The second-order valence-corrected chi connectivity index (χ2v) is 12.0. The second-order valence-electron chi connectivity index (χ2n) is 12.0. The lowest BCUT2D eigenvalue weighted by molar-refractivity contribution is -0.139. The number of aliphatic imine (C=N–C) groups is 1. The van der Waals surface area contributed by atoms with Crippen LogP contribution in [0.5, 0.6) is 11.5 Å². The van der Waals surface area contributed by atoms with Gasteiger partial charge in [0.05, 0.1) is 12.4 Å². The van der Waals surface area contributed by atoms with Gasteiger partial charge in [0.15, 0.2) is 0 Å². The molecule has 2 aliphatic rings. The maximum atomic E-state index is 13.3. The van der Waals surface area contributed by atoms with Gasteiger partial charge in [0.1, 0.15) is 23.2 Å². The Kier molecular flexibility index (Phi) is 8.05. The van der Waals surface area contributed by atoms with Crippen LogP contribution in [0.15, 0.2) is 53.5 Å². The molecule has 1 aromatic heterocycles. The highest BCUT2D eigenvalue weighted by Gasteiger charge is 2.27. The molecule has 8 heteroatoms. The second kappa shape index (κ2) is 11.7. The monoisotopic (exact) mass is 542 g/mol. The minimum absolute atomic E-state index is 0.0679. The Bertz CT molecular complexity index is 1400. The van der Waals surface area contributed by atoms with Gasteiger partial charge in [-0.15, -0.1) is 0 Å². The third-order valence-corrected chi connectivity index (χ3v) is 7.87. The van der Waals surface area contributed by atoms with Gasteiger partial charge >= 0.3 is 5.97 Å². The van der Waals surface area contributed by atoms with E-state index in [4.69, 9.17) is 9.72 Å². The largest absolute Gasteiger partial charge is 0.480 e. The zero-order valence-corrected chi connectivity index (χ0v) is 23.4. The molecule has 0 saturated heterocycles. The third-order valence-electron chi connectivity index (χ3n) is 7.87. The Morgan fingerprint density at radius 1 is 1.07 bits per heavy atom. The molecule has 5 rings (SSSR count). The molecule has 0 spiro atoms. The van der Waals surface area contributed by atoms with Gasteiger partial charge in [0.2, 0.25) is 0 Å². The van der Waals surface area contributed by atoms with Gasteiger partial charge in [-0.1, -0.05) is 64.7 Å². The molecular weight excluding hydrogens is 504 g/mol. The number of nitrogens with one attached hydrogen (secondary N) is 2. The highest BCUT2D eigenvalue weighted by atomic mass is 16.5. The van der Waals surface area contributed by atoms with Crippen LogP contribution in [0.2, 0.25) is 0 Å². The van der Waals surface area contributed by atoms with E-state index in [9.17, 15) is 14.7 Å². The van der Waals surface area contributed by atoms with Crippen LogP contribution in [-0.4, -0.2) is 46.9 Å². The van der Waals surface area contributed by atoms with E-state index in [2.05, 4.69) is 48.5 Å². The van der Waals surface area contributed by atoms with Crippen LogP contribution in [-0.2, 0) is 16.6 Å². The Balaban J connectivity index is 1.41. The van der Waals surface area contributed by atoms with Crippen molar-refractivity contribution < 1.29 is 19.4 Å². The quantitative estimate of drug-likeness (QED) is 0.323. The fourth-order valence-corrected chi connectivity index (χ4v) is 5.55. The average molecular weight is 543 g/mol. The maximum absolute atomic E-state index is 13.3. The first-order valence-corrected chi connectivity index (χ1v) is 14.2. The molecule has 1 amide bonds. The van der Waals surface area contributed by atoms with Crippen molar-refractivity contribution in [2.75, 3.05) is 6.54 Å².